The van der Waals surface area contributed by atoms with Crippen molar-refractivity contribution in [1.29, 1.82) is 5.26 Å². The number of aromatic amines is 1. The van der Waals surface area contributed by atoms with Crippen LogP contribution in [0.5, 0.6) is 0 Å². The van der Waals surface area contributed by atoms with E-state index < -0.39 is 0 Å². The Bertz CT molecular complexity index is 555. The second kappa shape index (κ2) is 4.90. The molecule has 2 aromatic rings. The lowest BCUT2D eigenvalue weighted by Crippen LogP contribution is -2.24. The molecule has 17 heavy (non-hydrogen) atoms. The van der Waals surface area contributed by atoms with Crippen LogP contribution in [0.2, 0.25) is 0 Å². The normalized spacial score (nSPS) is 9.59. The second-order valence-corrected chi connectivity index (χ2v) is 3.33. The quantitative estimate of drug-likeness (QED) is 0.803. The Morgan fingerprint density at radius 3 is 3.12 bits per heavy atom. The van der Waals surface area contributed by atoms with Gasteiger partial charge in [0.15, 0.2) is 0 Å². The molecule has 0 bridgehead atoms. The predicted molar refractivity (Wildman–Crippen MR) is 58.7 cm³/mol. The average molecular weight is 227 g/mol. The third kappa shape index (κ3) is 2.66. The predicted octanol–water partition coefficient (Wildman–Crippen LogP) is 0.606. The van der Waals surface area contributed by atoms with Gasteiger partial charge in [0.2, 0.25) is 5.82 Å². The molecule has 1 aromatic carbocycles. The lowest BCUT2D eigenvalue weighted by Gasteiger charge is -2.03. The summed E-state index contributed by atoms with van der Waals surface area (Å²) in [6.07, 6.45) is 1.27. The molecule has 6 nitrogen and oxygen atoms in total. The molecule has 0 radical (unpaired) electrons. The molecule has 0 saturated heterocycles. The zero-order valence-electron chi connectivity index (χ0n) is 8.84. The van der Waals surface area contributed by atoms with Crippen LogP contribution >= 0.6 is 0 Å². The number of benzene rings is 1. The molecule has 0 unspecified atom stereocenters. The van der Waals surface area contributed by atoms with E-state index in [1.807, 2.05) is 12.1 Å². The van der Waals surface area contributed by atoms with Gasteiger partial charge in [0.1, 0.15) is 6.33 Å². The van der Waals surface area contributed by atoms with E-state index in [0.29, 0.717) is 12.1 Å². The molecule has 0 saturated carbocycles. The molecule has 6 heteroatoms. The highest BCUT2D eigenvalue weighted by molar-refractivity contribution is 5.90. The molecule has 0 fully saturated rings. The molecule has 2 rings (SSSR count). The van der Waals surface area contributed by atoms with Crippen molar-refractivity contribution < 1.29 is 4.79 Å². The van der Waals surface area contributed by atoms with E-state index in [-0.39, 0.29) is 11.7 Å². The summed E-state index contributed by atoms with van der Waals surface area (Å²) in [5, 5.41) is 17.5. The number of nitriles is 1. The SMILES string of the molecule is N#Cc1cccc(CNC(=O)c2ncn[nH]2)c1. The third-order valence-corrected chi connectivity index (χ3v) is 2.14. The zero-order valence-corrected chi connectivity index (χ0v) is 8.84. The van der Waals surface area contributed by atoms with E-state index in [1.165, 1.54) is 6.33 Å². The fraction of sp³-hybridized carbons (Fsp3) is 0.0909. The topological polar surface area (TPSA) is 94.5 Å². The van der Waals surface area contributed by atoms with Crippen molar-refractivity contribution in [3.05, 3.63) is 47.5 Å². The van der Waals surface area contributed by atoms with Gasteiger partial charge >= 0.3 is 0 Å². The van der Waals surface area contributed by atoms with Crippen LogP contribution in [0.3, 0.4) is 0 Å². The fourth-order valence-corrected chi connectivity index (χ4v) is 1.33. The Labute approximate surface area is 97.3 Å². The van der Waals surface area contributed by atoms with E-state index in [1.54, 1.807) is 18.2 Å². The minimum Gasteiger partial charge on any atom is -0.345 e. The lowest BCUT2D eigenvalue weighted by atomic mass is 10.1. The van der Waals surface area contributed by atoms with Crippen molar-refractivity contribution in [3.63, 3.8) is 0 Å². The van der Waals surface area contributed by atoms with Crippen LogP contribution in [0.1, 0.15) is 21.7 Å². The maximum Gasteiger partial charge on any atom is 0.288 e. The first-order chi connectivity index (χ1) is 8.29. The van der Waals surface area contributed by atoms with Gasteiger partial charge in [-0.2, -0.15) is 10.4 Å². The standard InChI is InChI=1S/C11H9N5O/c12-5-8-2-1-3-9(4-8)6-13-11(17)10-14-7-15-16-10/h1-4,7H,6H2,(H,13,17)(H,14,15,16). The summed E-state index contributed by atoms with van der Waals surface area (Å²) in [7, 11) is 0. The monoisotopic (exact) mass is 227 g/mol. The molecule has 1 amide bonds. The van der Waals surface area contributed by atoms with Crippen molar-refractivity contribution in [3.8, 4) is 6.07 Å². The van der Waals surface area contributed by atoms with Crippen LogP contribution < -0.4 is 5.32 Å². The highest BCUT2D eigenvalue weighted by Crippen LogP contribution is 2.03. The molecule has 0 spiro atoms. The molecular formula is C11H9N5O. The van der Waals surface area contributed by atoms with Crippen LogP contribution in [-0.2, 0) is 6.54 Å². The number of nitrogens with zero attached hydrogens (tertiary/aromatic N) is 3. The maximum atomic E-state index is 11.5. The smallest absolute Gasteiger partial charge is 0.288 e. The molecule has 0 aliphatic carbocycles. The first-order valence-electron chi connectivity index (χ1n) is 4.92. The van der Waals surface area contributed by atoms with Crippen LogP contribution in [0, 0.1) is 11.3 Å². The van der Waals surface area contributed by atoms with Gasteiger partial charge in [0, 0.05) is 6.54 Å². The van der Waals surface area contributed by atoms with Gasteiger partial charge in [-0.05, 0) is 17.7 Å². The van der Waals surface area contributed by atoms with Crippen LogP contribution in [0.25, 0.3) is 0 Å². The molecular weight excluding hydrogens is 218 g/mol. The Morgan fingerprint density at radius 2 is 2.41 bits per heavy atom. The number of aromatic nitrogens is 3. The first-order valence-corrected chi connectivity index (χ1v) is 4.92. The highest BCUT2D eigenvalue weighted by atomic mass is 16.2. The fourth-order valence-electron chi connectivity index (χ4n) is 1.33. The van der Waals surface area contributed by atoms with Gasteiger partial charge < -0.3 is 5.32 Å². The summed E-state index contributed by atoms with van der Waals surface area (Å²) >= 11 is 0. The summed E-state index contributed by atoms with van der Waals surface area (Å²) < 4.78 is 0. The van der Waals surface area contributed by atoms with E-state index in [4.69, 9.17) is 5.26 Å². The van der Waals surface area contributed by atoms with Gasteiger partial charge in [-0.25, -0.2) is 4.98 Å². The summed E-state index contributed by atoms with van der Waals surface area (Å²) in [5.74, 6) is -0.161. The molecule has 0 atom stereocenters. The number of amides is 1. The minimum atomic E-state index is -0.329. The number of hydrogen-bond donors (Lipinski definition) is 2. The number of carbonyl (C=O) groups is 1. The molecule has 1 aromatic heterocycles. The van der Waals surface area contributed by atoms with Gasteiger partial charge in [-0.1, -0.05) is 12.1 Å². The van der Waals surface area contributed by atoms with E-state index in [2.05, 4.69) is 20.5 Å². The summed E-state index contributed by atoms with van der Waals surface area (Å²) in [6, 6.07) is 9.08. The molecule has 1 heterocycles. The number of H-pyrrole nitrogens is 1. The lowest BCUT2D eigenvalue weighted by molar-refractivity contribution is 0.0941. The highest BCUT2D eigenvalue weighted by Gasteiger charge is 2.07. The number of carbonyl (C=O) groups excluding carboxylic acids is 1. The summed E-state index contributed by atoms with van der Waals surface area (Å²) in [4.78, 5) is 15.3. The van der Waals surface area contributed by atoms with E-state index in [0.717, 1.165) is 5.56 Å². The number of nitrogens with one attached hydrogen (secondary N) is 2. The van der Waals surface area contributed by atoms with Crippen molar-refractivity contribution in [1.82, 2.24) is 20.5 Å². The largest absolute Gasteiger partial charge is 0.345 e. The summed E-state index contributed by atoms with van der Waals surface area (Å²) in [6.45, 7) is 0.342. The minimum absolute atomic E-state index is 0.168. The van der Waals surface area contributed by atoms with Gasteiger partial charge in [-0.3, -0.25) is 9.89 Å². The average Bonchev–Trinajstić information content (AvgIpc) is 2.90. The Kier molecular flexibility index (Phi) is 3.12. The van der Waals surface area contributed by atoms with Crippen molar-refractivity contribution in [2.75, 3.05) is 0 Å². The first kappa shape index (κ1) is 10.8. The van der Waals surface area contributed by atoms with Crippen LogP contribution in [0.4, 0.5) is 0 Å². The Balaban J connectivity index is 1.98. The Hall–Kier alpha value is -2.68. The molecule has 84 valence electrons. The second-order valence-electron chi connectivity index (χ2n) is 3.33. The van der Waals surface area contributed by atoms with Crippen LogP contribution in [0.15, 0.2) is 30.6 Å². The molecule has 0 aliphatic rings. The van der Waals surface area contributed by atoms with Crippen LogP contribution in [-0.4, -0.2) is 21.1 Å². The maximum absolute atomic E-state index is 11.5. The Morgan fingerprint density at radius 1 is 1.53 bits per heavy atom. The van der Waals surface area contributed by atoms with Crippen molar-refractivity contribution in [2.45, 2.75) is 6.54 Å². The zero-order chi connectivity index (χ0) is 12.1. The van der Waals surface area contributed by atoms with Crippen molar-refractivity contribution in [2.24, 2.45) is 0 Å². The van der Waals surface area contributed by atoms with Gasteiger partial charge in [0.05, 0.1) is 11.6 Å². The van der Waals surface area contributed by atoms with Gasteiger partial charge in [0.25, 0.3) is 5.91 Å². The van der Waals surface area contributed by atoms with Gasteiger partial charge in [-0.15, -0.1) is 0 Å². The van der Waals surface area contributed by atoms with E-state index >= 15 is 0 Å². The number of hydrogen-bond acceptors (Lipinski definition) is 4. The van der Waals surface area contributed by atoms with E-state index in [9.17, 15) is 4.79 Å². The number of rotatable bonds is 3. The molecule has 2 N–H and O–H groups in total. The van der Waals surface area contributed by atoms with Crippen molar-refractivity contribution >= 4 is 5.91 Å². The molecule has 0 aliphatic heterocycles. The summed E-state index contributed by atoms with van der Waals surface area (Å²) in [5.41, 5.74) is 1.42. The third-order valence-electron chi connectivity index (χ3n) is 2.14.